The van der Waals surface area contributed by atoms with E-state index in [0.717, 1.165) is 18.7 Å². The van der Waals surface area contributed by atoms with Crippen LogP contribution in [0.5, 0.6) is 5.75 Å². The van der Waals surface area contributed by atoms with Crippen molar-refractivity contribution < 1.29 is 4.74 Å². The average Bonchev–Trinajstić information content (AvgIpc) is 2.99. The van der Waals surface area contributed by atoms with Crippen molar-refractivity contribution in [2.24, 2.45) is 5.92 Å². The molecule has 2 atom stereocenters. The topological polar surface area (TPSA) is 21.3 Å². The molecule has 1 saturated carbocycles. The number of hydrogen-bond acceptors (Lipinski definition) is 3. The maximum atomic E-state index is 6.61. The molecule has 0 amide bonds. The summed E-state index contributed by atoms with van der Waals surface area (Å²) in [6, 6.07) is 19.0. The fourth-order valence-electron chi connectivity index (χ4n) is 3.27. The third-order valence-electron chi connectivity index (χ3n) is 4.48. The second kappa shape index (κ2) is 6.52. The summed E-state index contributed by atoms with van der Waals surface area (Å²) in [4.78, 5) is 1.33. The van der Waals surface area contributed by atoms with E-state index in [0.29, 0.717) is 5.92 Å². The van der Waals surface area contributed by atoms with Crippen LogP contribution in [0.2, 0.25) is 0 Å². The van der Waals surface area contributed by atoms with Crippen molar-refractivity contribution in [1.82, 2.24) is 5.32 Å². The second-order valence-electron chi connectivity index (χ2n) is 5.90. The fourth-order valence-corrected chi connectivity index (χ4v) is 4.22. The Balaban J connectivity index is 0.00000156. The summed E-state index contributed by atoms with van der Waals surface area (Å²) >= 11 is 1.79. The van der Waals surface area contributed by atoms with Gasteiger partial charge >= 0.3 is 0 Å². The first-order chi connectivity index (χ1) is 10.8. The molecular weight excluding hydrogens is 326 g/mol. The molecule has 1 heterocycles. The van der Waals surface area contributed by atoms with Gasteiger partial charge in [0.05, 0.1) is 0 Å². The Morgan fingerprint density at radius 2 is 1.96 bits per heavy atom. The molecule has 1 aliphatic rings. The maximum absolute atomic E-state index is 6.61. The minimum Gasteiger partial charge on any atom is -0.481 e. The van der Waals surface area contributed by atoms with Gasteiger partial charge in [-0.2, -0.15) is 0 Å². The van der Waals surface area contributed by atoms with Crippen molar-refractivity contribution in [3.05, 3.63) is 64.9 Å². The van der Waals surface area contributed by atoms with Crippen LogP contribution in [-0.2, 0) is 5.60 Å². The number of thiophene rings is 1. The third kappa shape index (κ3) is 2.85. The second-order valence-corrected chi connectivity index (χ2v) is 6.85. The van der Waals surface area contributed by atoms with Crippen LogP contribution in [0, 0.1) is 5.92 Å². The molecule has 2 nitrogen and oxygen atoms in total. The van der Waals surface area contributed by atoms with E-state index < -0.39 is 0 Å². The molecule has 2 unspecified atom stereocenters. The smallest absolute Gasteiger partial charge is 0.148 e. The molecule has 1 aromatic heterocycles. The molecule has 4 heteroatoms. The first-order valence-corrected chi connectivity index (χ1v) is 8.57. The third-order valence-corrected chi connectivity index (χ3v) is 5.51. The molecule has 0 bridgehead atoms. The van der Waals surface area contributed by atoms with Crippen LogP contribution in [0.3, 0.4) is 0 Å². The molecule has 23 heavy (non-hydrogen) atoms. The van der Waals surface area contributed by atoms with E-state index in [1.165, 1.54) is 15.6 Å². The molecule has 1 fully saturated rings. The van der Waals surface area contributed by atoms with Crippen LogP contribution in [-0.4, -0.2) is 13.6 Å². The predicted octanol–water partition coefficient (Wildman–Crippen LogP) is 4.84. The molecule has 120 valence electrons. The van der Waals surface area contributed by atoms with Gasteiger partial charge in [0.2, 0.25) is 0 Å². The average molecular weight is 346 g/mol. The normalized spacial score (nSPS) is 22.6. The largest absolute Gasteiger partial charge is 0.481 e. The van der Waals surface area contributed by atoms with Crippen molar-refractivity contribution in [3.8, 4) is 5.75 Å². The predicted molar refractivity (Wildman–Crippen MR) is 99.9 cm³/mol. The molecule has 3 aromatic rings. The Morgan fingerprint density at radius 1 is 1.13 bits per heavy atom. The first-order valence-electron chi connectivity index (χ1n) is 7.69. The van der Waals surface area contributed by atoms with Crippen LogP contribution < -0.4 is 10.1 Å². The molecular formula is C19H20ClNOS. The lowest BCUT2D eigenvalue weighted by atomic mass is 10.1. The molecule has 0 saturated heterocycles. The van der Waals surface area contributed by atoms with Crippen LogP contribution in [0.25, 0.3) is 10.8 Å². The zero-order valence-corrected chi connectivity index (χ0v) is 14.6. The summed E-state index contributed by atoms with van der Waals surface area (Å²) in [5.41, 5.74) is -0.151. The lowest BCUT2D eigenvalue weighted by molar-refractivity contribution is 0.167. The molecule has 1 aliphatic carbocycles. The van der Waals surface area contributed by atoms with Gasteiger partial charge in [0.1, 0.15) is 11.4 Å². The number of hydrogen-bond donors (Lipinski definition) is 1. The Labute approximate surface area is 146 Å². The van der Waals surface area contributed by atoms with Gasteiger partial charge in [-0.1, -0.05) is 42.5 Å². The van der Waals surface area contributed by atoms with Crippen molar-refractivity contribution in [1.29, 1.82) is 0 Å². The summed E-state index contributed by atoms with van der Waals surface area (Å²) < 4.78 is 6.61. The Bertz CT molecular complexity index is 784. The van der Waals surface area contributed by atoms with Gasteiger partial charge in [0.25, 0.3) is 0 Å². The van der Waals surface area contributed by atoms with Crippen molar-refractivity contribution in [2.45, 2.75) is 12.0 Å². The quantitative estimate of drug-likeness (QED) is 0.714. The molecule has 0 radical (unpaired) electrons. The molecule has 0 spiro atoms. The van der Waals surface area contributed by atoms with E-state index >= 15 is 0 Å². The minimum absolute atomic E-state index is 0. The summed E-state index contributed by atoms with van der Waals surface area (Å²) in [6.07, 6.45) is 1.08. The fraction of sp³-hybridized carbons (Fsp3) is 0.263. The highest BCUT2D eigenvalue weighted by atomic mass is 35.5. The van der Waals surface area contributed by atoms with E-state index in [-0.39, 0.29) is 18.0 Å². The van der Waals surface area contributed by atoms with Crippen LogP contribution in [0.1, 0.15) is 11.3 Å². The van der Waals surface area contributed by atoms with E-state index in [9.17, 15) is 0 Å². The van der Waals surface area contributed by atoms with E-state index in [4.69, 9.17) is 4.74 Å². The van der Waals surface area contributed by atoms with Gasteiger partial charge in [-0.3, -0.25) is 0 Å². The summed E-state index contributed by atoms with van der Waals surface area (Å²) in [6.45, 7) is 0.989. The molecule has 2 aromatic carbocycles. The lowest BCUT2D eigenvalue weighted by Gasteiger charge is -2.20. The minimum atomic E-state index is -0.151. The van der Waals surface area contributed by atoms with Crippen LogP contribution in [0.4, 0.5) is 0 Å². The zero-order valence-electron chi connectivity index (χ0n) is 13.0. The van der Waals surface area contributed by atoms with Crippen LogP contribution >= 0.6 is 23.7 Å². The Kier molecular flexibility index (Phi) is 4.62. The number of halogens is 1. The number of rotatable bonds is 5. The number of ether oxygens (including phenoxy) is 1. The van der Waals surface area contributed by atoms with Crippen molar-refractivity contribution >= 4 is 34.5 Å². The van der Waals surface area contributed by atoms with E-state index in [1.807, 2.05) is 7.05 Å². The lowest BCUT2D eigenvalue weighted by Crippen LogP contribution is -2.22. The van der Waals surface area contributed by atoms with Crippen molar-refractivity contribution in [3.63, 3.8) is 0 Å². The van der Waals surface area contributed by atoms with Gasteiger partial charge in [0.15, 0.2) is 0 Å². The number of fused-ring (bicyclic) bond motifs is 1. The highest BCUT2D eigenvalue weighted by molar-refractivity contribution is 7.10. The maximum Gasteiger partial charge on any atom is 0.148 e. The molecule has 4 rings (SSSR count). The Hall–Kier alpha value is -1.55. The van der Waals surface area contributed by atoms with Gasteiger partial charge in [-0.15, -0.1) is 23.7 Å². The number of benzene rings is 2. The van der Waals surface area contributed by atoms with Gasteiger partial charge in [-0.25, -0.2) is 0 Å². The van der Waals surface area contributed by atoms with Crippen LogP contribution in [0.15, 0.2) is 60.0 Å². The zero-order chi connectivity index (χ0) is 15.0. The summed E-state index contributed by atoms with van der Waals surface area (Å²) in [5.74, 6) is 1.53. The summed E-state index contributed by atoms with van der Waals surface area (Å²) in [5, 5.41) is 7.85. The highest BCUT2D eigenvalue weighted by Gasteiger charge is 2.58. The summed E-state index contributed by atoms with van der Waals surface area (Å²) in [7, 11) is 2.01. The van der Waals surface area contributed by atoms with Gasteiger partial charge < -0.3 is 10.1 Å². The highest BCUT2D eigenvalue weighted by Crippen LogP contribution is 2.56. The monoisotopic (exact) mass is 345 g/mol. The van der Waals surface area contributed by atoms with Gasteiger partial charge in [-0.05, 0) is 29.9 Å². The van der Waals surface area contributed by atoms with E-state index in [2.05, 4.69) is 65.3 Å². The first kappa shape index (κ1) is 16.3. The number of nitrogens with one attached hydrogen (secondary N) is 1. The van der Waals surface area contributed by atoms with E-state index in [1.54, 1.807) is 11.3 Å². The molecule has 0 aliphatic heterocycles. The van der Waals surface area contributed by atoms with Gasteiger partial charge in [0, 0.05) is 29.1 Å². The Morgan fingerprint density at radius 3 is 2.74 bits per heavy atom. The standard InChI is InChI=1S/C19H19NOS.ClH/c1-20-13-15-12-19(15,18-10-5-11-22-18)21-17-9-4-7-14-6-2-3-8-16(14)17;/h2-11,15,20H,12-13H2,1H3;1H. The molecule has 1 N–H and O–H groups in total. The van der Waals surface area contributed by atoms with Crippen molar-refractivity contribution in [2.75, 3.05) is 13.6 Å². The SMILES string of the molecule is CNCC1CC1(Oc1cccc2ccccc12)c1cccs1.Cl.